The van der Waals surface area contributed by atoms with E-state index in [4.69, 9.17) is 0 Å². The molecule has 1 atom stereocenters. The second kappa shape index (κ2) is 4.99. The lowest BCUT2D eigenvalue weighted by Gasteiger charge is -2.25. The third-order valence-electron chi connectivity index (χ3n) is 3.88. The largest absolute Gasteiger partial charge is 0.0886 e. The third kappa shape index (κ3) is 2.70. The fourth-order valence-corrected chi connectivity index (χ4v) is 7.09. The summed E-state index contributed by atoms with van der Waals surface area (Å²) in [5.41, 5.74) is 1.18. The molecule has 1 unspecified atom stereocenters. The molecule has 0 nitrogen and oxygen atoms in total. The number of rotatable bonds is 1. The number of hydrogen-bond donors (Lipinski definition) is 0. The first kappa shape index (κ1) is 9.51. The van der Waals surface area contributed by atoms with Gasteiger partial charge in [0.15, 0.2) is 0 Å². The third-order valence-corrected chi connectivity index (χ3v) is 8.11. The molecule has 1 fully saturated rings. The van der Waals surface area contributed by atoms with Crippen molar-refractivity contribution in [3.05, 3.63) is 12.2 Å². The summed E-state index contributed by atoms with van der Waals surface area (Å²) < 4.78 is 0. The van der Waals surface area contributed by atoms with E-state index in [1.54, 1.807) is 24.9 Å². The summed E-state index contributed by atoms with van der Waals surface area (Å²) >= 11 is 0. The van der Waals surface area contributed by atoms with Crippen molar-refractivity contribution in [2.75, 3.05) is 0 Å². The van der Waals surface area contributed by atoms with Crippen molar-refractivity contribution in [3.8, 4) is 0 Å². The average Bonchev–Trinajstić information content (AvgIpc) is 2.47. The molecule has 0 aromatic heterocycles. The van der Waals surface area contributed by atoms with Gasteiger partial charge in [0.05, 0.1) is 0 Å². The fraction of sp³-hybridized carbons (Fsp3) is 0.833. The predicted molar refractivity (Wildman–Crippen MR) is 62.0 cm³/mol. The molecule has 0 bridgehead atoms. The molecule has 1 aliphatic heterocycles. The SMILES string of the molecule is C1=CCC([SiH]2CCCCCC2)CC1. The Kier molecular flexibility index (Phi) is 3.65. The molecule has 0 spiro atoms. The van der Waals surface area contributed by atoms with E-state index in [0.29, 0.717) is 0 Å². The lowest BCUT2D eigenvalue weighted by molar-refractivity contribution is 0.702. The zero-order valence-electron chi connectivity index (χ0n) is 8.67. The molecule has 0 amide bonds. The van der Waals surface area contributed by atoms with E-state index in [9.17, 15) is 0 Å². The maximum absolute atomic E-state index is 2.45. The highest BCUT2D eigenvalue weighted by Gasteiger charge is 2.23. The van der Waals surface area contributed by atoms with Crippen LogP contribution in [0.25, 0.3) is 0 Å². The van der Waals surface area contributed by atoms with Gasteiger partial charge in [0.25, 0.3) is 0 Å². The summed E-state index contributed by atoms with van der Waals surface area (Å²) in [4.78, 5) is 0. The molecule has 0 aromatic rings. The summed E-state index contributed by atoms with van der Waals surface area (Å²) in [5, 5.41) is 0. The normalized spacial score (nSPS) is 31.5. The highest BCUT2D eigenvalue weighted by atomic mass is 28.3. The standard InChI is InChI=1S/C12H22Si/c1-2-7-11-13(10-6-1)12-8-4-3-5-9-12/h3-4,12-13H,1-2,5-11H2. The molecule has 0 aromatic carbocycles. The fourth-order valence-electron chi connectivity index (χ4n) is 3.03. The van der Waals surface area contributed by atoms with E-state index < -0.39 is 0 Å². The highest BCUT2D eigenvalue weighted by molar-refractivity contribution is 6.60. The van der Waals surface area contributed by atoms with Gasteiger partial charge in [-0.2, -0.15) is 0 Å². The van der Waals surface area contributed by atoms with E-state index in [1.165, 1.54) is 37.6 Å². The van der Waals surface area contributed by atoms with Gasteiger partial charge in [0.1, 0.15) is 0 Å². The summed E-state index contributed by atoms with van der Waals surface area (Å²) in [6.45, 7) is 0. The van der Waals surface area contributed by atoms with E-state index in [0.717, 1.165) is 0 Å². The number of allylic oxidation sites excluding steroid dienone is 2. The van der Waals surface area contributed by atoms with E-state index in [2.05, 4.69) is 12.2 Å². The van der Waals surface area contributed by atoms with E-state index in [1.807, 2.05) is 0 Å². The van der Waals surface area contributed by atoms with E-state index in [-0.39, 0.29) is 8.80 Å². The van der Waals surface area contributed by atoms with Crippen LogP contribution in [0.4, 0.5) is 0 Å². The lowest BCUT2D eigenvalue weighted by atomic mass is 10.1. The Hall–Kier alpha value is -0.0431. The first-order chi connectivity index (χ1) is 6.47. The molecule has 74 valence electrons. The van der Waals surface area contributed by atoms with Crippen LogP contribution in [-0.4, -0.2) is 8.80 Å². The molecule has 13 heavy (non-hydrogen) atoms. The quantitative estimate of drug-likeness (QED) is 0.439. The molecule has 1 aliphatic carbocycles. The van der Waals surface area contributed by atoms with Crippen LogP contribution in [0, 0.1) is 0 Å². The Labute approximate surface area is 84.0 Å². The van der Waals surface area contributed by atoms with Crippen molar-refractivity contribution >= 4 is 8.80 Å². The van der Waals surface area contributed by atoms with Gasteiger partial charge < -0.3 is 0 Å². The van der Waals surface area contributed by atoms with Crippen molar-refractivity contribution in [1.82, 2.24) is 0 Å². The monoisotopic (exact) mass is 194 g/mol. The van der Waals surface area contributed by atoms with Crippen molar-refractivity contribution < 1.29 is 0 Å². The molecular weight excluding hydrogens is 172 g/mol. The van der Waals surface area contributed by atoms with Gasteiger partial charge in [-0.15, -0.1) is 0 Å². The summed E-state index contributed by atoms with van der Waals surface area (Å²) in [7, 11) is -0.304. The molecule has 2 rings (SSSR count). The van der Waals surface area contributed by atoms with Crippen molar-refractivity contribution in [3.63, 3.8) is 0 Å². The summed E-state index contributed by atoms with van der Waals surface area (Å²) in [6.07, 6.45) is 15.4. The van der Waals surface area contributed by atoms with Crippen LogP contribution in [0.5, 0.6) is 0 Å². The first-order valence-electron chi connectivity index (χ1n) is 6.12. The zero-order chi connectivity index (χ0) is 8.93. The molecule has 0 radical (unpaired) electrons. The summed E-state index contributed by atoms with van der Waals surface area (Å²) in [6, 6.07) is 3.33. The molecule has 0 saturated carbocycles. The Morgan fingerprint density at radius 2 is 1.69 bits per heavy atom. The van der Waals surface area contributed by atoms with Crippen molar-refractivity contribution in [1.29, 1.82) is 0 Å². The van der Waals surface area contributed by atoms with Gasteiger partial charge in [0.2, 0.25) is 0 Å². The maximum atomic E-state index is 2.45. The van der Waals surface area contributed by atoms with Crippen LogP contribution in [0.2, 0.25) is 17.6 Å². The van der Waals surface area contributed by atoms with Crippen LogP contribution in [0.15, 0.2) is 12.2 Å². The minimum atomic E-state index is -0.304. The van der Waals surface area contributed by atoms with E-state index >= 15 is 0 Å². The first-order valence-corrected chi connectivity index (χ1v) is 8.42. The van der Waals surface area contributed by atoms with Gasteiger partial charge in [-0.05, 0) is 24.8 Å². The average molecular weight is 194 g/mol. The Bertz CT molecular complexity index is 166. The summed E-state index contributed by atoms with van der Waals surface area (Å²) in [5.74, 6) is 0. The Morgan fingerprint density at radius 3 is 2.31 bits per heavy atom. The van der Waals surface area contributed by atoms with Crippen LogP contribution in [0.3, 0.4) is 0 Å². The smallest absolute Gasteiger partial charge is 0.0402 e. The second-order valence-electron chi connectivity index (χ2n) is 4.80. The topological polar surface area (TPSA) is 0 Å². The molecule has 1 saturated heterocycles. The van der Waals surface area contributed by atoms with Gasteiger partial charge in [-0.25, -0.2) is 0 Å². The van der Waals surface area contributed by atoms with Gasteiger partial charge in [0, 0.05) is 8.80 Å². The zero-order valence-corrected chi connectivity index (χ0v) is 9.83. The van der Waals surface area contributed by atoms with Gasteiger partial charge >= 0.3 is 0 Å². The molecule has 1 heteroatoms. The lowest BCUT2D eigenvalue weighted by Crippen LogP contribution is -2.20. The van der Waals surface area contributed by atoms with Crippen LogP contribution in [-0.2, 0) is 0 Å². The van der Waals surface area contributed by atoms with Crippen molar-refractivity contribution in [2.24, 2.45) is 0 Å². The maximum Gasteiger partial charge on any atom is 0.0402 e. The van der Waals surface area contributed by atoms with Gasteiger partial charge in [-0.3, -0.25) is 0 Å². The van der Waals surface area contributed by atoms with Gasteiger partial charge in [-0.1, -0.05) is 49.9 Å². The van der Waals surface area contributed by atoms with Crippen LogP contribution < -0.4 is 0 Å². The Morgan fingerprint density at radius 1 is 0.923 bits per heavy atom. The molecular formula is C12H22Si. The Balaban J connectivity index is 1.86. The number of hydrogen-bond acceptors (Lipinski definition) is 0. The minimum Gasteiger partial charge on any atom is -0.0886 e. The van der Waals surface area contributed by atoms with Crippen LogP contribution in [0.1, 0.15) is 44.9 Å². The predicted octanol–water partition coefficient (Wildman–Crippen LogP) is 3.90. The molecule has 0 N–H and O–H groups in total. The van der Waals surface area contributed by atoms with Crippen LogP contribution >= 0.6 is 0 Å². The molecule has 1 heterocycles. The highest BCUT2D eigenvalue weighted by Crippen LogP contribution is 2.34. The second-order valence-corrected chi connectivity index (χ2v) is 8.41. The molecule has 2 aliphatic rings. The van der Waals surface area contributed by atoms with Crippen molar-refractivity contribution in [2.45, 2.75) is 62.6 Å². The minimum absolute atomic E-state index is 0.304.